The molecule has 2 aromatic carbocycles. The highest BCUT2D eigenvalue weighted by molar-refractivity contribution is 5.96. The maximum absolute atomic E-state index is 12.5. The van der Waals surface area contributed by atoms with Crippen molar-refractivity contribution in [3.8, 4) is 5.75 Å². The summed E-state index contributed by atoms with van der Waals surface area (Å²) in [5.74, 6) is 0.260. The molecule has 0 heterocycles. The van der Waals surface area contributed by atoms with Gasteiger partial charge in [-0.2, -0.15) is 0 Å². The Bertz CT molecular complexity index is 759. The number of nitrogens with one attached hydrogen (secondary N) is 2. The van der Waals surface area contributed by atoms with E-state index in [9.17, 15) is 9.59 Å². The van der Waals surface area contributed by atoms with Crippen LogP contribution in [0, 0.1) is 6.92 Å². The summed E-state index contributed by atoms with van der Waals surface area (Å²) in [5, 5.41) is 5.58. The van der Waals surface area contributed by atoms with Crippen molar-refractivity contribution in [3.05, 3.63) is 59.7 Å². The van der Waals surface area contributed by atoms with Crippen LogP contribution in [0.4, 0.5) is 5.69 Å². The lowest BCUT2D eigenvalue weighted by Gasteiger charge is -2.17. The van der Waals surface area contributed by atoms with Crippen molar-refractivity contribution in [2.75, 3.05) is 25.6 Å². The molecule has 1 unspecified atom stereocenters. The molecule has 6 nitrogen and oxygen atoms in total. The molecule has 144 valence electrons. The topological polar surface area (TPSA) is 76.7 Å². The molecule has 1 atom stereocenters. The number of carbonyl (C=O) groups excluding carboxylic acids is 2. The van der Waals surface area contributed by atoms with Gasteiger partial charge in [-0.05, 0) is 55.3 Å². The minimum atomic E-state index is -0.594. The SMILES string of the molecule is CCC(Oc1cccc(C)c1)C(=O)Nc1ccc(C(=O)NCCOC)cc1. The Balaban J connectivity index is 1.94. The molecule has 0 spiro atoms. The minimum absolute atomic E-state index is 0.181. The van der Waals surface area contributed by atoms with Gasteiger partial charge in [-0.3, -0.25) is 9.59 Å². The zero-order chi connectivity index (χ0) is 19.6. The number of carbonyl (C=O) groups is 2. The second kappa shape index (κ2) is 10.3. The predicted molar refractivity (Wildman–Crippen MR) is 105 cm³/mol. The molecule has 0 aliphatic rings. The first-order chi connectivity index (χ1) is 13.0. The van der Waals surface area contributed by atoms with Crippen molar-refractivity contribution in [2.45, 2.75) is 26.4 Å². The first kappa shape index (κ1) is 20.5. The lowest BCUT2D eigenvalue weighted by atomic mass is 10.2. The molecular weight excluding hydrogens is 344 g/mol. The standard InChI is InChI=1S/C21H26N2O4/c1-4-19(27-18-7-5-6-15(2)14-18)21(25)23-17-10-8-16(9-11-17)20(24)22-12-13-26-3/h5-11,14,19H,4,12-13H2,1-3H3,(H,22,24)(H,23,25). The predicted octanol–water partition coefficient (Wildman–Crippen LogP) is 3.17. The zero-order valence-electron chi connectivity index (χ0n) is 16.0. The number of hydrogen-bond acceptors (Lipinski definition) is 4. The van der Waals surface area contributed by atoms with Crippen LogP contribution in [-0.2, 0) is 9.53 Å². The van der Waals surface area contributed by atoms with Crippen LogP contribution in [0.5, 0.6) is 5.75 Å². The van der Waals surface area contributed by atoms with E-state index in [1.165, 1.54) is 0 Å². The summed E-state index contributed by atoms with van der Waals surface area (Å²) < 4.78 is 10.7. The molecule has 0 saturated carbocycles. The largest absolute Gasteiger partial charge is 0.481 e. The second-order valence-electron chi connectivity index (χ2n) is 6.15. The Morgan fingerprint density at radius 3 is 2.48 bits per heavy atom. The van der Waals surface area contributed by atoms with Crippen molar-refractivity contribution >= 4 is 17.5 Å². The summed E-state index contributed by atoms with van der Waals surface area (Å²) in [6.07, 6.45) is -0.0523. The second-order valence-corrected chi connectivity index (χ2v) is 6.15. The van der Waals surface area contributed by atoms with E-state index >= 15 is 0 Å². The molecule has 0 radical (unpaired) electrons. The van der Waals surface area contributed by atoms with E-state index in [1.54, 1.807) is 31.4 Å². The van der Waals surface area contributed by atoms with Crippen molar-refractivity contribution in [3.63, 3.8) is 0 Å². The Kier molecular flexibility index (Phi) is 7.82. The number of aryl methyl sites for hydroxylation is 1. The summed E-state index contributed by atoms with van der Waals surface area (Å²) in [6, 6.07) is 14.3. The van der Waals surface area contributed by atoms with Crippen LogP contribution in [0.3, 0.4) is 0 Å². The highest BCUT2D eigenvalue weighted by atomic mass is 16.5. The van der Waals surface area contributed by atoms with E-state index in [0.717, 1.165) is 5.56 Å². The molecule has 27 heavy (non-hydrogen) atoms. The normalized spacial score (nSPS) is 11.5. The van der Waals surface area contributed by atoms with Gasteiger partial charge in [-0.1, -0.05) is 19.1 Å². The van der Waals surface area contributed by atoms with Gasteiger partial charge in [0.1, 0.15) is 5.75 Å². The fourth-order valence-electron chi connectivity index (χ4n) is 2.47. The maximum Gasteiger partial charge on any atom is 0.265 e. The van der Waals surface area contributed by atoms with E-state index in [2.05, 4.69) is 10.6 Å². The van der Waals surface area contributed by atoms with E-state index in [1.807, 2.05) is 38.1 Å². The van der Waals surface area contributed by atoms with E-state index < -0.39 is 6.10 Å². The van der Waals surface area contributed by atoms with Crippen molar-refractivity contribution in [2.24, 2.45) is 0 Å². The van der Waals surface area contributed by atoms with Crippen LogP contribution in [0.2, 0.25) is 0 Å². The Hall–Kier alpha value is -2.86. The lowest BCUT2D eigenvalue weighted by Crippen LogP contribution is -2.32. The van der Waals surface area contributed by atoms with Gasteiger partial charge in [0.05, 0.1) is 6.61 Å². The highest BCUT2D eigenvalue weighted by Crippen LogP contribution is 2.17. The third-order valence-electron chi connectivity index (χ3n) is 3.94. The average molecular weight is 370 g/mol. The summed E-state index contributed by atoms with van der Waals surface area (Å²) in [7, 11) is 1.58. The number of amides is 2. The first-order valence-electron chi connectivity index (χ1n) is 8.95. The zero-order valence-corrected chi connectivity index (χ0v) is 16.0. The summed E-state index contributed by atoms with van der Waals surface area (Å²) in [5.41, 5.74) is 2.20. The van der Waals surface area contributed by atoms with E-state index in [0.29, 0.717) is 36.6 Å². The van der Waals surface area contributed by atoms with Crippen molar-refractivity contribution < 1.29 is 19.1 Å². The molecule has 0 saturated heterocycles. The number of ether oxygens (including phenoxy) is 2. The van der Waals surface area contributed by atoms with Gasteiger partial charge in [0.25, 0.3) is 11.8 Å². The Morgan fingerprint density at radius 1 is 1.11 bits per heavy atom. The average Bonchev–Trinajstić information content (AvgIpc) is 2.66. The monoisotopic (exact) mass is 370 g/mol. The van der Waals surface area contributed by atoms with Crippen LogP contribution in [0.15, 0.2) is 48.5 Å². The molecule has 0 fully saturated rings. The molecule has 0 aliphatic carbocycles. The molecule has 0 aromatic heterocycles. The van der Waals surface area contributed by atoms with Crippen LogP contribution < -0.4 is 15.4 Å². The molecule has 2 aromatic rings. The molecule has 6 heteroatoms. The minimum Gasteiger partial charge on any atom is -0.481 e. The van der Waals surface area contributed by atoms with Gasteiger partial charge in [0, 0.05) is 24.9 Å². The van der Waals surface area contributed by atoms with Gasteiger partial charge >= 0.3 is 0 Å². The van der Waals surface area contributed by atoms with Gasteiger partial charge in [-0.25, -0.2) is 0 Å². The van der Waals surface area contributed by atoms with Gasteiger partial charge in [0.2, 0.25) is 0 Å². The fourth-order valence-corrected chi connectivity index (χ4v) is 2.47. The van der Waals surface area contributed by atoms with Crippen LogP contribution in [0.1, 0.15) is 29.3 Å². The van der Waals surface area contributed by atoms with Gasteiger partial charge < -0.3 is 20.1 Å². The van der Waals surface area contributed by atoms with E-state index in [4.69, 9.17) is 9.47 Å². The van der Waals surface area contributed by atoms with Gasteiger partial charge in [0.15, 0.2) is 6.10 Å². The number of methoxy groups -OCH3 is 1. The summed E-state index contributed by atoms with van der Waals surface area (Å²) in [4.78, 5) is 24.5. The molecular formula is C21H26N2O4. The third kappa shape index (κ3) is 6.42. The Labute approximate surface area is 159 Å². The van der Waals surface area contributed by atoms with Gasteiger partial charge in [-0.15, -0.1) is 0 Å². The fraction of sp³-hybridized carbons (Fsp3) is 0.333. The number of benzene rings is 2. The van der Waals surface area contributed by atoms with Crippen LogP contribution in [-0.4, -0.2) is 38.2 Å². The smallest absolute Gasteiger partial charge is 0.265 e. The van der Waals surface area contributed by atoms with Crippen molar-refractivity contribution in [1.82, 2.24) is 5.32 Å². The number of hydrogen-bond donors (Lipinski definition) is 2. The molecule has 2 N–H and O–H groups in total. The lowest BCUT2D eigenvalue weighted by molar-refractivity contribution is -0.122. The molecule has 0 aliphatic heterocycles. The number of rotatable bonds is 9. The summed E-state index contributed by atoms with van der Waals surface area (Å²) >= 11 is 0. The van der Waals surface area contributed by atoms with Crippen molar-refractivity contribution in [1.29, 1.82) is 0 Å². The maximum atomic E-state index is 12.5. The molecule has 2 amide bonds. The quantitative estimate of drug-likeness (QED) is 0.665. The highest BCUT2D eigenvalue weighted by Gasteiger charge is 2.18. The Morgan fingerprint density at radius 2 is 1.85 bits per heavy atom. The number of anilines is 1. The third-order valence-corrected chi connectivity index (χ3v) is 3.94. The molecule has 0 bridgehead atoms. The summed E-state index contributed by atoms with van der Waals surface area (Å²) in [6.45, 7) is 4.77. The molecule has 2 rings (SSSR count). The van der Waals surface area contributed by atoms with E-state index in [-0.39, 0.29) is 11.8 Å². The van der Waals surface area contributed by atoms with Crippen LogP contribution in [0.25, 0.3) is 0 Å². The first-order valence-corrected chi connectivity index (χ1v) is 8.95. The van der Waals surface area contributed by atoms with Crippen LogP contribution >= 0.6 is 0 Å².